The highest BCUT2D eigenvalue weighted by Gasteiger charge is 2.21. The number of hydrogen-bond donors (Lipinski definition) is 0. The van der Waals surface area contributed by atoms with Gasteiger partial charge >= 0.3 is 0 Å². The lowest BCUT2D eigenvalue weighted by molar-refractivity contribution is 1.14. The third kappa shape index (κ3) is 2.09. The SMILES string of the molecule is S=c1sc2c(s1)S[C@H](CBr)CS2. The molecular formula is C6H5BrS5. The number of rotatable bonds is 1. The summed E-state index contributed by atoms with van der Waals surface area (Å²) in [5, 5.41) is 1.81. The molecule has 0 radical (unpaired) electrons. The minimum absolute atomic E-state index is 0.725. The van der Waals surface area contributed by atoms with E-state index in [-0.39, 0.29) is 0 Å². The fraction of sp³-hybridized carbons (Fsp3) is 0.500. The Balaban J connectivity index is 2.28. The van der Waals surface area contributed by atoms with E-state index in [2.05, 4.69) is 15.9 Å². The molecule has 0 nitrogen and oxygen atoms in total. The van der Waals surface area contributed by atoms with Crippen LogP contribution in [0.1, 0.15) is 0 Å². The minimum Gasteiger partial charge on any atom is -0.112 e. The van der Waals surface area contributed by atoms with Gasteiger partial charge in [-0.3, -0.25) is 0 Å². The average Bonchev–Trinajstić information content (AvgIpc) is 2.43. The second-order valence-electron chi connectivity index (χ2n) is 2.23. The monoisotopic (exact) mass is 316 g/mol. The zero-order chi connectivity index (χ0) is 8.55. The fourth-order valence-corrected chi connectivity index (χ4v) is 8.24. The molecule has 0 N–H and O–H groups in total. The number of alkyl halides is 1. The molecule has 1 aromatic heterocycles. The van der Waals surface area contributed by atoms with Gasteiger partial charge in [0.1, 0.15) is 3.14 Å². The normalized spacial score (nSPS) is 22.2. The molecule has 0 unspecified atom stereocenters. The van der Waals surface area contributed by atoms with E-state index in [9.17, 15) is 0 Å². The van der Waals surface area contributed by atoms with E-state index in [1.807, 2.05) is 23.5 Å². The standard InChI is InChI=1S/C6H5BrS5/c7-1-3-2-9-4-5(10-3)12-6(8)11-4/h3H,1-2H2/t3-/m1/s1. The van der Waals surface area contributed by atoms with Gasteiger partial charge < -0.3 is 0 Å². The van der Waals surface area contributed by atoms with Gasteiger partial charge in [-0.2, -0.15) is 0 Å². The Morgan fingerprint density at radius 1 is 1.42 bits per heavy atom. The molecule has 0 saturated carbocycles. The molecule has 1 aromatic rings. The highest BCUT2D eigenvalue weighted by Crippen LogP contribution is 2.47. The summed E-state index contributed by atoms with van der Waals surface area (Å²) >= 11 is 16.1. The van der Waals surface area contributed by atoms with Crippen molar-refractivity contribution >= 4 is 74.3 Å². The van der Waals surface area contributed by atoms with Crippen LogP contribution in [0.5, 0.6) is 0 Å². The Labute approximate surface area is 101 Å². The molecule has 0 amide bonds. The second-order valence-corrected chi connectivity index (χ2v) is 8.96. The topological polar surface area (TPSA) is 0 Å². The van der Waals surface area contributed by atoms with Crippen LogP contribution in [0.25, 0.3) is 0 Å². The van der Waals surface area contributed by atoms with Crippen LogP contribution in [0.4, 0.5) is 0 Å². The van der Waals surface area contributed by atoms with Crippen molar-refractivity contribution < 1.29 is 0 Å². The maximum absolute atomic E-state index is 5.15. The zero-order valence-corrected chi connectivity index (χ0v) is 11.6. The van der Waals surface area contributed by atoms with Crippen LogP contribution in [0.2, 0.25) is 0 Å². The van der Waals surface area contributed by atoms with Crippen molar-refractivity contribution in [2.24, 2.45) is 0 Å². The van der Waals surface area contributed by atoms with Gasteiger partial charge in [-0.25, -0.2) is 0 Å². The Morgan fingerprint density at radius 3 is 2.92 bits per heavy atom. The predicted molar refractivity (Wildman–Crippen MR) is 67.2 cm³/mol. The largest absolute Gasteiger partial charge is 0.145 e. The van der Waals surface area contributed by atoms with E-state index in [0.29, 0.717) is 0 Å². The third-order valence-electron chi connectivity index (χ3n) is 1.36. The number of fused-ring (bicyclic) bond motifs is 1. The summed E-state index contributed by atoms with van der Waals surface area (Å²) in [7, 11) is 0. The second kappa shape index (κ2) is 4.31. The molecule has 0 bridgehead atoms. The molecular weight excluding hydrogens is 312 g/mol. The maximum Gasteiger partial charge on any atom is 0.145 e. The lowest BCUT2D eigenvalue weighted by Gasteiger charge is -2.17. The molecule has 1 aliphatic rings. The summed E-state index contributed by atoms with van der Waals surface area (Å²) in [4.78, 5) is 0. The van der Waals surface area contributed by atoms with Crippen molar-refractivity contribution in [3.8, 4) is 0 Å². The lowest BCUT2D eigenvalue weighted by atomic mass is 10.6. The van der Waals surface area contributed by atoms with Crippen LogP contribution in [-0.4, -0.2) is 16.3 Å². The molecule has 0 saturated heterocycles. The van der Waals surface area contributed by atoms with Gasteiger partial charge in [0, 0.05) is 16.3 Å². The van der Waals surface area contributed by atoms with Gasteiger partial charge in [-0.15, -0.1) is 46.2 Å². The molecule has 12 heavy (non-hydrogen) atoms. The molecule has 6 heteroatoms. The number of hydrogen-bond acceptors (Lipinski definition) is 5. The first-order valence-electron chi connectivity index (χ1n) is 3.29. The van der Waals surface area contributed by atoms with E-state index in [0.717, 1.165) is 13.7 Å². The molecule has 1 aliphatic heterocycles. The molecule has 2 heterocycles. The van der Waals surface area contributed by atoms with Crippen LogP contribution in [-0.2, 0) is 0 Å². The molecule has 0 spiro atoms. The van der Waals surface area contributed by atoms with Gasteiger partial charge in [0.15, 0.2) is 0 Å². The summed E-state index contributed by atoms with van der Waals surface area (Å²) in [6.07, 6.45) is 0. The summed E-state index contributed by atoms with van der Waals surface area (Å²) in [6, 6.07) is 0. The van der Waals surface area contributed by atoms with Crippen LogP contribution in [0.15, 0.2) is 8.42 Å². The van der Waals surface area contributed by atoms with Crippen molar-refractivity contribution in [3.63, 3.8) is 0 Å². The molecule has 1 atom stereocenters. The van der Waals surface area contributed by atoms with Crippen molar-refractivity contribution in [2.75, 3.05) is 11.1 Å². The summed E-state index contributed by atoms with van der Waals surface area (Å²) < 4.78 is 3.94. The molecule has 0 aliphatic carbocycles. The van der Waals surface area contributed by atoms with E-state index in [4.69, 9.17) is 12.2 Å². The number of halogens is 1. The van der Waals surface area contributed by atoms with Crippen LogP contribution >= 0.6 is 74.3 Å². The third-order valence-corrected chi connectivity index (χ3v) is 8.68. The average molecular weight is 317 g/mol. The lowest BCUT2D eigenvalue weighted by Crippen LogP contribution is -2.09. The summed E-state index contributed by atoms with van der Waals surface area (Å²) in [6.45, 7) is 0. The molecule has 0 fully saturated rings. The van der Waals surface area contributed by atoms with Crippen molar-refractivity contribution in [2.45, 2.75) is 13.7 Å². The van der Waals surface area contributed by atoms with Crippen LogP contribution in [0.3, 0.4) is 0 Å². The van der Waals surface area contributed by atoms with E-state index < -0.39 is 0 Å². The van der Waals surface area contributed by atoms with Gasteiger partial charge in [-0.1, -0.05) is 28.1 Å². The van der Waals surface area contributed by atoms with Crippen molar-refractivity contribution in [3.05, 3.63) is 3.14 Å². The maximum atomic E-state index is 5.15. The van der Waals surface area contributed by atoms with Crippen molar-refractivity contribution in [1.82, 2.24) is 0 Å². The number of thioether (sulfide) groups is 2. The Morgan fingerprint density at radius 2 is 2.17 bits per heavy atom. The molecule has 0 aromatic carbocycles. The van der Waals surface area contributed by atoms with Crippen LogP contribution in [0, 0.1) is 3.14 Å². The van der Waals surface area contributed by atoms with E-state index in [1.165, 1.54) is 14.2 Å². The predicted octanol–water partition coefficient (Wildman–Crippen LogP) is 4.50. The smallest absolute Gasteiger partial charge is 0.112 e. The van der Waals surface area contributed by atoms with E-state index in [1.54, 1.807) is 22.7 Å². The van der Waals surface area contributed by atoms with Gasteiger partial charge in [0.25, 0.3) is 0 Å². The first-order valence-corrected chi connectivity index (χ1v) is 8.31. The molecule has 2 rings (SSSR count). The van der Waals surface area contributed by atoms with Crippen LogP contribution < -0.4 is 0 Å². The van der Waals surface area contributed by atoms with Gasteiger partial charge in [0.05, 0.1) is 8.42 Å². The zero-order valence-electron chi connectivity index (χ0n) is 5.91. The first kappa shape index (κ1) is 9.98. The van der Waals surface area contributed by atoms with Crippen molar-refractivity contribution in [1.29, 1.82) is 0 Å². The molecule has 66 valence electrons. The first-order chi connectivity index (χ1) is 5.79. The Hall–Kier alpha value is 1.45. The fourth-order valence-electron chi connectivity index (χ4n) is 0.846. The Bertz CT molecular complexity index is 327. The Kier molecular flexibility index (Phi) is 3.59. The van der Waals surface area contributed by atoms with E-state index >= 15 is 0 Å². The van der Waals surface area contributed by atoms with Gasteiger partial charge in [0.2, 0.25) is 0 Å². The summed E-state index contributed by atoms with van der Waals surface area (Å²) in [5.74, 6) is 1.21. The summed E-state index contributed by atoms with van der Waals surface area (Å²) in [5.41, 5.74) is 0. The van der Waals surface area contributed by atoms with Gasteiger partial charge in [-0.05, 0) is 0 Å². The highest BCUT2D eigenvalue weighted by molar-refractivity contribution is 9.09. The quantitative estimate of drug-likeness (QED) is 0.553. The minimum atomic E-state index is 0.725. The highest BCUT2D eigenvalue weighted by atomic mass is 79.9.